The molecule has 21 heavy (non-hydrogen) atoms. The molecule has 3 rings (SSSR count). The van der Waals surface area contributed by atoms with Crippen LogP contribution >= 0.6 is 0 Å². The number of nitrogens with two attached hydrogens (primary N) is 1. The molecule has 0 saturated carbocycles. The zero-order valence-corrected chi connectivity index (χ0v) is 12.2. The van der Waals surface area contributed by atoms with E-state index < -0.39 is 0 Å². The van der Waals surface area contributed by atoms with Gasteiger partial charge in [0.2, 0.25) is 0 Å². The summed E-state index contributed by atoms with van der Waals surface area (Å²) in [5.41, 5.74) is 7.37. The zero-order chi connectivity index (χ0) is 15.0. The van der Waals surface area contributed by atoms with Gasteiger partial charge in [0.25, 0.3) is 0 Å². The SMILES string of the molecule is Cc1cc(-n2nc(N3CCCC3)c(C#N)c2N)nc(C)n1. The molecule has 2 aromatic heterocycles. The van der Waals surface area contributed by atoms with E-state index in [2.05, 4.69) is 26.0 Å². The van der Waals surface area contributed by atoms with E-state index in [0.29, 0.717) is 28.8 Å². The van der Waals surface area contributed by atoms with Crippen LogP contribution in [0.2, 0.25) is 0 Å². The summed E-state index contributed by atoms with van der Waals surface area (Å²) < 4.78 is 1.54. The van der Waals surface area contributed by atoms with E-state index in [1.54, 1.807) is 0 Å². The fourth-order valence-electron chi connectivity index (χ4n) is 2.66. The average Bonchev–Trinajstić information content (AvgIpc) is 3.04. The fourth-order valence-corrected chi connectivity index (χ4v) is 2.66. The maximum Gasteiger partial charge on any atom is 0.171 e. The third-order valence-electron chi connectivity index (χ3n) is 3.59. The van der Waals surface area contributed by atoms with Crippen LogP contribution in [0.5, 0.6) is 0 Å². The Morgan fingerprint density at radius 1 is 1.24 bits per heavy atom. The first-order valence-corrected chi connectivity index (χ1v) is 6.96. The van der Waals surface area contributed by atoms with Crippen LogP contribution in [0.25, 0.3) is 5.82 Å². The summed E-state index contributed by atoms with van der Waals surface area (Å²) in [7, 11) is 0. The minimum Gasteiger partial charge on any atom is -0.382 e. The molecule has 7 nitrogen and oxygen atoms in total. The normalized spacial score (nSPS) is 14.4. The zero-order valence-electron chi connectivity index (χ0n) is 12.2. The molecule has 0 spiro atoms. The van der Waals surface area contributed by atoms with Crippen LogP contribution in [0.1, 0.15) is 29.9 Å². The van der Waals surface area contributed by atoms with Crippen molar-refractivity contribution in [3.8, 4) is 11.9 Å². The molecule has 0 atom stereocenters. The molecule has 0 bridgehead atoms. The third-order valence-corrected chi connectivity index (χ3v) is 3.59. The van der Waals surface area contributed by atoms with Gasteiger partial charge in [-0.1, -0.05) is 0 Å². The van der Waals surface area contributed by atoms with Gasteiger partial charge in [-0.25, -0.2) is 9.97 Å². The molecular formula is C14H17N7. The first-order chi connectivity index (χ1) is 10.1. The van der Waals surface area contributed by atoms with Gasteiger partial charge in [-0.05, 0) is 26.7 Å². The summed E-state index contributed by atoms with van der Waals surface area (Å²) in [5.74, 6) is 2.24. The van der Waals surface area contributed by atoms with Crippen LogP contribution in [-0.4, -0.2) is 32.8 Å². The van der Waals surface area contributed by atoms with Crippen molar-refractivity contribution < 1.29 is 0 Å². The Balaban J connectivity index is 2.13. The van der Waals surface area contributed by atoms with Gasteiger partial charge in [0.05, 0.1) is 0 Å². The Morgan fingerprint density at radius 2 is 1.95 bits per heavy atom. The van der Waals surface area contributed by atoms with E-state index in [0.717, 1.165) is 31.6 Å². The lowest BCUT2D eigenvalue weighted by atomic mass is 10.3. The van der Waals surface area contributed by atoms with Gasteiger partial charge in [-0.15, -0.1) is 5.10 Å². The van der Waals surface area contributed by atoms with Gasteiger partial charge in [0.15, 0.2) is 11.6 Å². The number of aryl methyl sites for hydroxylation is 2. The van der Waals surface area contributed by atoms with Crippen LogP contribution in [-0.2, 0) is 0 Å². The molecule has 0 amide bonds. The highest BCUT2D eigenvalue weighted by Crippen LogP contribution is 2.28. The number of nitrogens with zero attached hydrogens (tertiary/aromatic N) is 6. The first-order valence-electron chi connectivity index (χ1n) is 6.96. The number of rotatable bonds is 2. The van der Waals surface area contributed by atoms with Crippen LogP contribution in [0, 0.1) is 25.2 Å². The summed E-state index contributed by atoms with van der Waals surface area (Å²) in [6.07, 6.45) is 2.23. The summed E-state index contributed by atoms with van der Waals surface area (Å²) in [6.45, 7) is 5.53. The van der Waals surface area contributed by atoms with Crippen molar-refractivity contribution in [1.82, 2.24) is 19.7 Å². The Bertz CT molecular complexity index is 699. The van der Waals surface area contributed by atoms with Crippen molar-refractivity contribution >= 4 is 11.6 Å². The van der Waals surface area contributed by atoms with Crippen LogP contribution in [0.3, 0.4) is 0 Å². The Morgan fingerprint density at radius 3 is 2.57 bits per heavy atom. The number of hydrogen-bond donors (Lipinski definition) is 1. The van der Waals surface area contributed by atoms with Crippen LogP contribution in [0.15, 0.2) is 6.07 Å². The van der Waals surface area contributed by atoms with Crippen molar-refractivity contribution in [1.29, 1.82) is 5.26 Å². The standard InChI is InChI=1S/C14H17N7/c1-9-7-12(18-10(2)17-9)21-13(16)11(8-15)14(19-21)20-5-3-4-6-20/h7H,3-6,16H2,1-2H3. The first kappa shape index (κ1) is 13.4. The summed E-state index contributed by atoms with van der Waals surface area (Å²) in [6, 6.07) is 3.98. The minimum atomic E-state index is 0.330. The molecule has 1 aliphatic rings. The van der Waals surface area contributed by atoms with Gasteiger partial charge in [0.1, 0.15) is 23.3 Å². The predicted molar refractivity (Wildman–Crippen MR) is 79.2 cm³/mol. The molecule has 0 radical (unpaired) electrons. The van der Waals surface area contributed by atoms with Crippen LogP contribution in [0.4, 0.5) is 11.6 Å². The maximum atomic E-state index is 9.39. The molecule has 1 fully saturated rings. The van der Waals surface area contributed by atoms with E-state index in [1.807, 2.05) is 19.9 Å². The van der Waals surface area contributed by atoms with Gasteiger partial charge < -0.3 is 10.6 Å². The molecule has 0 aliphatic carbocycles. The summed E-state index contributed by atoms with van der Waals surface area (Å²) in [4.78, 5) is 10.7. The van der Waals surface area contributed by atoms with Gasteiger partial charge in [0, 0.05) is 24.8 Å². The molecule has 0 aromatic carbocycles. The number of aromatic nitrogens is 4. The molecule has 108 valence electrons. The van der Waals surface area contributed by atoms with E-state index in [-0.39, 0.29) is 0 Å². The van der Waals surface area contributed by atoms with E-state index in [4.69, 9.17) is 5.73 Å². The van der Waals surface area contributed by atoms with Crippen molar-refractivity contribution in [2.75, 3.05) is 23.7 Å². The molecule has 3 heterocycles. The molecule has 1 aliphatic heterocycles. The topological polar surface area (TPSA) is 96.7 Å². The Hall–Kier alpha value is -2.62. The second kappa shape index (κ2) is 5.05. The molecule has 0 unspecified atom stereocenters. The van der Waals surface area contributed by atoms with E-state index in [9.17, 15) is 5.26 Å². The van der Waals surface area contributed by atoms with Crippen molar-refractivity contribution in [3.63, 3.8) is 0 Å². The molecule has 2 aromatic rings. The average molecular weight is 283 g/mol. The summed E-state index contributed by atoms with van der Waals surface area (Å²) in [5, 5.41) is 13.9. The van der Waals surface area contributed by atoms with Gasteiger partial charge in [-0.3, -0.25) is 0 Å². The van der Waals surface area contributed by atoms with Crippen molar-refractivity contribution in [2.45, 2.75) is 26.7 Å². The minimum absolute atomic E-state index is 0.330. The fraction of sp³-hybridized carbons (Fsp3) is 0.429. The third kappa shape index (κ3) is 2.29. The quantitative estimate of drug-likeness (QED) is 0.893. The van der Waals surface area contributed by atoms with Crippen molar-refractivity contribution in [2.24, 2.45) is 0 Å². The second-order valence-electron chi connectivity index (χ2n) is 5.22. The van der Waals surface area contributed by atoms with Gasteiger partial charge in [-0.2, -0.15) is 9.94 Å². The lowest BCUT2D eigenvalue weighted by Crippen LogP contribution is -2.19. The predicted octanol–water partition coefficient (Wildman–Crippen LogP) is 1.33. The molecular weight excluding hydrogens is 266 g/mol. The lowest BCUT2D eigenvalue weighted by Gasteiger charge is -2.13. The number of nitrogen functional groups attached to an aromatic ring is 1. The maximum absolute atomic E-state index is 9.39. The number of nitriles is 1. The van der Waals surface area contributed by atoms with Crippen molar-refractivity contribution in [3.05, 3.63) is 23.1 Å². The highest BCUT2D eigenvalue weighted by atomic mass is 15.4. The molecule has 1 saturated heterocycles. The second-order valence-corrected chi connectivity index (χ2v) is 5.22. The Labute approximate surface area is 123 Å². The number of anilines is 2. The Kier molecular flexibility index (Phi) is 3.22. The summed E-state index contributed by atoms with van der Waals surface area (Å²) >= 11 is 0. The lowest BCUT2D eigenvalue weighted by molar-refractivity contribution is 0.811. The highest BCUT2D eigenvalue weighted by molar-refractivity contribution is 5.67. The molecule has 7 heteroatoms. The molecule has 2 N–H and O–H groups in total. The monoisotopic (exact) mass is 283 g/mol. The van der Waals surface area contributed by atoms with E-state index >= 15 is 0 Å². The van der Waals surface area contributed by atoms with Gasteiger partial charge >= 0.3 is 0 Å². The smallest absolute Gasteiger partial charge is 0.171 e. The largest absolute Gasteiger partial charge is 0.382 e. The van der Waals surface area contributed by atoms with E-state index in [1.165, 1.54) is 4.68 Å². The number of hydrogen-bond acceptors (Lipinski definition) is 6. The van der Waals surface area contributed by atoms with Crippen LogP contribution < -0.4 is 10.6 Å². The highest BCUT2D eigenvalue weighted by Gasteiger charge is 2.24.